The predicted octanol–water partition coefficient (Wildman–Crippen LogP) is 0.682. The number of carbonyl (C=O) groups excluding carboxylic acids is 1. The third kappa shape index (κ3) is 2.13. The molecule has 0 amide bonds. The number of nitriles is 1. The van der Waals surface area contributed by atoms with Crippen LogP contribution in [0.1, 0.15) is 0 Å². The molecule has 0 aromatic rings. The molecule has 0 saturated carbocycles. The van der Waals surface area contributed by atoms with Crippen molar-refractivity contribution >= 4 is 5.78 Å². The summed E-state index contributed by atoms with van der Waals surface area (Å²) in [4.78, 5) is 9.73. The standard InChI is InChI=1S/C4H2F3NO/c5-2(1-8)3(9)4(6)7/h2,4H. The Hall–Kier alpha value is -1.05. The van der Waals surface area contributed by atoms with Gasteiger partial charge >= 0.3 is 0 Å². The van der Waals surface area contributed by atoms with Crippen LogP contribution in [0.3, 0.4) is 0 Å². The van der Waals surface area contributed by atoms with Gasteiger partial charge < -0.3 is 0 Å². The van der Waals surface area contributed by atoms with Crippen LogP contribution in [-0.4, -0.2) is 18.4 Å². The molecule has 1 unspecified atom stereocenters. The van der Waals surface area contributed by atoms with Crippen LogP contribution in [0.25, 0.3) is 0 Å². The van der Waals surface area contributed by atoms with Gasteiger partial charge in [-0.2, -0.15) is 5.26 Å². The van der Waals surface area contributed by atoms with Gasteiger partial charge in [-0.3, -0.25) is 4.79 Å². The molecule has 50 valence electrons. The third-order valence-electron chi connectivity index (χ3n) is 0.578. The first kappa shape index (κ1) is 7.95. The van der Waals surface area contributed by atoms with Crippen LogP contribution in [-0.2, 0) is 4.79 Å². The highest BCUT2D eigenvalue weighted by Gasteiger charge is 2.25. The van der Waals surface area contributed by atoms with Gasteiger partial charge in [-0.05, 0) is 0 Å². The summed E-state index contributed by atoms with van der Waals surface area (Å²) in [6, 6.07) is 0.750. The first-order valence-electron chi connectivity index (χ1n) is 1.95. The van der Waals surface area contributed by atoms with E-state index in [-0.39, 0.29) is 0 Å². The molecule has 1 atom stereocenters. The van der Waals surface area contributed by atoms with E-state index in [2.05, 4.69) is 0 Å². The van der Waals surface area contributed by atoms with Crippen molar-refractivity contribution in [1.82, 2.24) is 0 Å². The Balaban J connectivity index is 3.92. The number of hydrogen-bond donors (Lipinski definition) is 0. The van der Waals surface area contributed by atoms with Gasteiger partial charge in [0.05, 0.1) is 0 Å². The van der Waals surface area contributed by atoms with Crippen LogP contribution >= 0.6 is 0 Å². The molecule has 0 radical (unpaired) electrons. The first-order valence-corrected chi connectivity index (χ1v) is 1.95. The highest BCUT2D eigenvalue weighted by atomic mass is 19.3. The second-order valence-electron chi connectivity index (χ2n) is 1.19. The van der Waals surface area contributed by atoms with Gasteiger partial charge in [-0.15, -0.1) is 0 Å². The van der Waals surface area contributed by atoms with Crippen molar-refractivity contribution in [2.45, 2.75) is 12.6 Å². The SMILES string of the molecule is N#CC(F)C(=O)C(F)F. The summed E-state index contributed by atoms with van der Waals surface area (Å²) in [5, 5.41) is 7.57. The number of nitrogens with zero attached hydrogens (tertiary/aromatic N) is 1. The number of rotatable bonds is 2. The highest BCUT2D eigenvalue weighted by Crippen LogP contribution is 2.00. The first-order chi connectivity index (χ1) is 4.09. The number of alkyl halides is 3. The van der Waals surface area contributed by atoms with Crippen LogP contribution in [0.4, 0.5) is 13.2 Å². The Morgan fingerprint density at radius 1 is 1.44 bits per heavy atom. The average molecular weight is 137 g/mol. The Kier molecular flexibility index (Phi) is 2.71. The average Bonchev–Trinajstić information content (AvgIpc) is 1.84. The molecule has 0 spiro atoms. The maximum Gasteiger partial charge on any atom is 0.300 e. The molecule has 0 aliphatic heterocycles. The summed E-state index contributed by atoms with van der Waals surface area (Å²) in [5.41, 5.74) is 0. The van der Waals surface area contributed by atoms with Gasteiger partial charge in [0.15, 0.2) is 0 Å². The van der Waals surface area contributed by atoms with Gasteiger partial charge in [0.2, 0.25) is 12.0 Å². The monoisotopic (exact) mass is 137 g/mol. The Bertz CT molecular complexity index is 150. The van der Waals surface area contributed by atoms with Crippen LogP contribution in [0.5, 0.6) is 0 Å². The van der Waals surface area contributed by atoms with Crippen molar-refractivity contribution in [1.29, 1.82) is 5.26 Å². The summed E-state index contributed by atoms with van der Waals surface area (Å²) >= 11 is 0. The van der Waals surface area contributed by atoms with Crippen LogP contribution < -0.4 is 0 Å². The van der Waals surface area contributed by atoms with Gasteiger partial charge in [-0.25, -0.2) is 13.2 Å². The lowest BCUT2D eigenvalue weighted by atomic mass is 10.3. The lowest BCUT2D eigenvalue weighted by Crippen LogP contribution is -2.21. The van der Waals surface area contributed by atoms with E-state index >= 15 is 0 Å². The minimum Gasteiger partial charge on any atom is -0.289 e. The van der Waals surface area contributed by atoms with Gasteiger partial charge in [0.1, 0.15) is 6.07 Å². The summed E-state index contributed by atoms with van der Waals surface area (Å²) < 4.78 is 33.8. The van der Waals surface area contributed by atoms with E-state index in [1.807, 2.05) is 0 Å². The maximum atomic E-state index is 11.6. The van der Waals surface area contributed by atoms with Gasteiger partial charge in [0, 0.05) is 0 Å². The molecule has 0 rings (SSSR count). The van der Waals surface area contributed by atoms with Gasteiger partial charge in [-0.1, -0.05) is 0 Å². The smallest absolute Gasteiger partial charge is 0.289 e. The van der Waals surface area contributed by atoms with E-state index in [1.165, 1.54) is 0 Å². The second-order valence-corrected chi connectivity index (χ2v) is 1.19. The number of Topliss-reactive ketones (excluding diaryl/α,β-unsaturated/α-hetero) is 1. The normalized spacial score (nSPS) is 12.8. The molecule has 0 heterocycles. The van der Waals surface area contributed by atoms with Gasteiger partial charge in [0.25, 0.3) is 6.43 Å². The molecule has 0 fully saturated rings. The molecule has 2 nitrogen and oxygen atoms in total. The lowest BCUT2D eigenvalue weighted by Gasteiger charge is -1.93. The number of ketones is 1. The molecule has 0 aromatic carbocycles. The van der Waals surface area contributed by atoms with E-state index in [0.29, 0.717) is 0 Å². The molecular formula is C4H2F3NO. The predicted molar refractivity (Wildman–Crippen MR) is 21.5 cm³/mol. The second kappa shape index (κ2) is 3.07. The number of hydrogen-bond acceptors (Lipinski definition) is 2. The topological polar surface area (TPSA) is 40.9 Å². The third-order valence-corrected chi connectivity index (χ3v) is 0.578. The molecule has 0 aliphatic carbocycles. The number of halogens is 3. The summed E-state index contributed by atoms with van der Waals surface area (Å²) in [5.74, 6) is -1.97. The van der Waals surface area contributed by atoms with E-state index in [1.54, 1.807) is 0 Å². The Morgan fingerprint density at radius 3 is 2.00 bits per heavy atom. The van der Waals surface area contributed by atoms with E-state index in [0.717, 1.165) is 6.07 Å². The van der Waals surface area contributed by atoms with Crippen LogP contribution in [0.2, 0.25) is 0 Å². The van der Waals surface area contributed by atoms with E-state index < -0.39 is 18.4 Å². The fourth-order valence-corrected chi connectivity index (χ4v) is 0.174. The maximum absolute atomic E-state index is 11.6. The van der Waals surface area contributed by atoms with Crippen LogP contribution in [0, 0.1) is 11.3 Å². The molecule has 5 heteroatoms. The zero-order chi connectivity index (χ0) is 7.44. The summed E-state index contributed by atoms with van der Waals surface area (Å²) in [6.45, 7) is 0. The molecule has 0 aliphatic rings. The minimum absolute atomic E-state index is 0.750. The summed E-state index contributed by atoms with van der Waals surface area (Å²) in [7, 11) is 0. The molecule has 0 N–H and O–H groups in total. The van der Waals surface area contributed by atoms with Crippen molar-refractivity contribution < 1.29 is 18.0 Å². The fourth-order valence-electron chi connectivity index (χ4n) is 0.174. The van der Waals surface area contributed by atoms with Crippen molar-refractivity contribution in [3.63, 3.8) is 0 Å². The van der Waals surface area contributed by atoms with E-state index in [4.69, 9.17) is 5.26 Å². The van der Waals surface area contributed by atoms with Crippen molar-refractivity contribution in [3.8, 4) is 6.07 Å². The van der Waals surface area contributed by atoms with Crippen LogP contribution in [0.15, 0.2) is 0 Å². The Morgan fingerprint density at radius 2 is 1.89 bits per heavy atom. The largest absolute Gasteiger partial charge is 0.300 e. The molecule has 9 heavy (non-hydrogen) atoms. The summed E-state index contributed by atoms with van der Waals surface area (Å²) in [6.07, 6.45) is -6.08. The van der Waals surface area contributed by atoms with E-state index in [9.17, 15) is 18.0 Å². The van der Waals surface area contributed by atoms with Crippen molar-refractivity contribution in [2.75, 3.05) is 0 Å². The fraction of sp³-hybridized carbons (Fsp3) is 0.500. The minimum atomic E-state index is -3.39. The highest BCUT2D eigenvalue weighted by molar-refractivity contribution is 5.88. The molecular weight excluding hydrogens is 135 g/mol. The molecule has 0 bridgehead atoms. The lowest BCUT2D eigenvalue weighted by molar-refractivity contribution is -0.132. The number of carbonyl (C=O) groups is 1. The van der Waals surface area contributed by atoms with Crippen molar-refractivity contribution in [3.05, 3.63) is 0 Å². The van der Waals surface area contributed by atoms with Crippen molar-refractivity contribution in [2.24, 2.45) is 0 Å². The molecule has 0 aromatic heterocycles. The zero-order valence-corrected chi connectivity index (χ0v) is 4.14. The Labute approximate surface area is 48.9 Å². The quantitative estimate of drug-likeness (QED) is 0.561. The zero-order valence-electron chi connectivity index (χ0n) is 4.14. The molecule has 0 saturated heterocycles.